The van der Waals surface area contributed by atoms with Crippen LogP contribution in [0.25, 0.3) is 0 Å². The molecule has 0 saturated carbocycles. The molecule has 19 heavy (non-hydrogen) atoms. The Morgan fingerprint density at radius 3 is 2.53 bits per heavy atom. The predicted molar refractivity (Wildman–Crippen MR) is 63.0 cm³/mol. The van der Waals surface area contributed by atoms with Crippen LogP contribution in [-0.2, 0) is 9.53 Å². The zero-order valence-electron chi connectivity index (χ0n) is 10.1. The van der Waals surface area contributed by atoms with Crippen molar-refractivity contribution in [1.29, 1.82) is 0 Å². The number of hydrogen-bond acceptors (Lipinski definition) is 4. The van der Waals surface area contributed by atoms with Crippen molar-refractivity contribution in [1.82, 2.24) is 10.6 Å². The average molecular weight is 304 g/mol. The second-order valence-electron chi connectivity index (χ2n) is 3.37. The predicted octanol–water partition coefficient (Wildman–Crippen LogP) is 1.03. The monoisotopic (exact) mass is 304 g/mol. The number of carbonyl (C=O) groups excluding carboxylic acids is 1. The Morgan fingerprint density at radius 2 is 2.05 bits per heavy atom. The van der Waals surface area contributed by atoms with Crippen LogP contribution in [0.5, 0.6) is 0 Å². The van der Waals surface area contributed by atoms with Crippen LogP contribution in [0.4, 0.5) is 18.0 Å². The number of rotatable bonds is 8. The number of ether oxygens (including phenoxy) is 1. The van der Waals surface area contributed by atoms with Crippen molar-refractivity contribution in [2.24, 2.45) is 0 Å². The van der Waals surface area contributed by atoms with Gasteiger partial charge >= 0.3 is 17.5 Å². The van der Waals surface area contributed by atoms with Gasteiger partial charge in [-0.1, -0.05) is 0 Å². The highest BCUT2D eigenvalue weighted by Gasteiger charge is 2.27. The van der Waals surface area contributed by atoms with Crippen LogP contribution in [0, 0.1) is 0 Å². The molecule has 0 aromatic carbocycles. The van der Waals surface area contributed by atoms with Gasteiger partial charge in [-0.3, -0.25) is 0 Å². The summed E-state index contributed by atoms with van der Waals surface area (Å²) in [7, 11) is 1.38. The first-order valence-electron chi connectivity index (χ1n) is 5.23. The molecule has 0 radical (unpaired) electrons. The van der Waals surface area contributed by atoms with Crippen molar-refractivity contribution in [2.75, 3.05) is 26.0 Å². The molecular formula is C9H15F3N2O4S. The Hall–Kier alpha value is -1.16. The standard InChI is InChI=1S/C9H15F3N2O4S/c1-18-4-2-6(7(15)16)14-8(17)13-3-5-19-9(10,11)12/h6H,2-5H2,1H3,(H,15,16)(H2,13,14,17). The molecule has 0 aromatic heterocycles. The van der Waals surface area contributed by atoms with Crippen LogP contribution >= 0.6 is 11.8 Å². The number of amides is 2. The molecule has 1 atom stereocenters. The number of alkyl halides is 3. The number of carboxylic acid groups (broad SMARTS) is 1. The van der Waals surface area contributed by atoms with E-state index in [1.165, 1.54) is 7.11 Å². The molecule has 0 aliphatic rings. The molecule has 0 spiro atoms. The number of urea groups is 1. The SMILES string of the molecule is COCCC(NC(=O)NCCSC(F)(F)F)C(=O)O. The first-order chi connectivity index (χ1) is 8.76. The summed E-state index contributed by atoms with van der Waals surface area (Å²) in [5.41, 5.74) is -4.35. The lowest BCUT2D eigenvalue weighted by molar-refractivity contribution is -0.139. The molecule has 0 fully saturated rings. The minimum Gasteiger partial charge on any atom is -0.480 e. The lowest BCUT2D eigenvalue weighted by Crippen LogP contribution is -2.47. The number of aliphatic carboxylic acids is 1. The molecule has 1 unspecified atom stereocenters. The fraction of sp³-hybridized carbons (Fsp3) is 0.778. The molecule has 0 saturated heterocycles. The fourth-order valence-electron chi connectivity index (χ4n) is 1.03. The minimum atomic E-state index is -4.35. The number of hydrogen-bond donors (Lipinski definition) is 3. The smallest absolute Gasteiger partial charge is 0.441 e. The van der Waals surface area contributed by atoms with E-state index in [2.05, 4.69) is 15.4 Å². The van der Waals surface area contributed by atoms with Crippen LogP contribution < -0.4 is 10.6 Å². The van der Waals surface area contributed by atoms with E-state index < -0.39 is 23.6 Å². The number of methoxy groups -OCH3 is 1. The van der Waals surface area contributed by atoms with E-state index in [0.717, 1.165) is 0 Å². The topological polar surface area (TPSA) is 87.7 Å². The largest absolute Gasteiger partial charge is 0.480 e. The highest BCUT2D eigenvalue weighted by atomic mass is 32.2. The molecule has 6 nitrogen and oxygen atoms in total. The van der Waals surface area contributed by atoms with Crippen molar-refractivity contribution < 1.29 is 32.6 Å². The van der Waals surface area contributed by atoms with Gasteiger partial charge in [-0.25, -0.2) is 9.59 Å². The molecule has 10 heteroatoms. The van der Waals surface area contributed by atoms with E-state index in [0.29, 0.717) is 0 Å². The van der Waals surface area contributed by atoms with Crippen LogP contribution in [-0.4, -0.2) is 54.7 Å². The first kappa shape index (κ1) is 17.8. The summed E-state index contributed by atoms with van der Waals surface area (Å²) in [6.07, 6.45) is 0.0660. The van der Waals surface area contributed by atoms with Gasteiger partial charge in [0.1, 0.15) is 6.04 Å². The number of nitrogens with one attached hydrogen (secondary N) is 2. The Kier molecular flexibility index (Phi) is 8.32. The van der Waals surface area contributed by atoms with Gasteiger partial charge < -0.3 is 20.5 Å². The zero-order valence-corrected chi connectivity index (χ0v) is 10.9. The second-order valence-corrected chi connectivity index (χ2v) is 4.53. The van der Waals surface area contributed by atoms with Crippen molar-refractivity contribution in [3.05, 3.63) is 0 Å². The molecule has 0 aliphatic heterocycles. The van der Waals surface area contributed by atoms with Gasteiger partial charge in [-0.15, -0.1) is 0 Å². The third-order valence-corrected chi connectivity index (χ3v) is 2.60. The van der Waals surface area contributed by atoms with Gasteiger partial charge in [-0.2, -0.15) is 13.2 Å². The molecule has 0 bridgehead atoms. The zero-order chi connectivity index (χ0) is 14.9. The van der Waals surface area contributed by atoms with E-state index in [9.17, 15) is 22.8 Å². The summed E-state index contributed by atoms with van der Waals surface area (Å²) < 4.78 is 40.0. The molecule has 0 aliphatic carbocycles. The van der Waals surface area contributed by atoms with Crippen LogP contribution in [0.2, 0.25) is 0 Å². The van der Waals surface area contributed by atoms with Crippen LogP contribution in [0.15, 0.2) is 0 Å². The number of halogens is 3. The normalized spacial score (nSPS) is 12.8. The molecular weight excluding hydrogens is 289 g/mol. The minimum absolute atomic E-state index is 0.0660. The van der Waals surface area contributed by atoms with Gasteiger partial charge in [-0.05, 0) is 11.8 Å². The van der Waals surface area contributed by atoms with E-state index in [-0.39, 0.29) is 37.1 Å². The highest BCUT2D eigenvalue weighted by molar-refractivity contribution is 8.00. The molecule has 112 valence electrons. The van der Waals surface area contributed by atoms with E-state index >= 15 is 0 Å². The average Bonchev–Trinajstić information content (AvgIpc) is 2.28. The lowest BCUT2D eigenvalue weighted by Gasteiger charge is -2.14. The van der Waals surface area contributed by atoms with Gasteiger partial charge in [0, 0.05) is 32.4 Å². The highest BCUT2D eigenvalue weighted by Crippen LogP contribution is 2.29. The van der Waals surface area contributed by atoms with Crippen molar-refractivity contribution >= 4 is 23.8 Å². The van der Waals surface area contributed by atoms with Crippen molar-refractivity contribution in [3.63, 3.8) is 0 Å². The fourth-order valence-corrected chi connectivity index (χ4v) is 1.47. The first-order valence-corrected chi connectivity index (χ1v) is 6.21. The second kappa shape index (κ2) is 8.86. The quantitative estimate of drug-likeness (QED) is 0.583. The van der Waals surface area contributed by atoms with Gasteiger partial charge in [0.05, 0.1) is 0 Å². The third kappa shape index (κ3) is 10.4. The Labute approximate surface area is 112 Å². The number of carboxylic acids is 1. The molecule has 0 aromatic rings. The maximum Gasteiger partial charge on any atom is 0.441 e. The lowest BCUT2D eigenvalue weighted by atomic mass is 10.2. The van der Waals surface area contributed by atoms with Gasteiger partial charge in [0.2, 0.25) is 0 Å². The Morgan fingerprint density at radius 1 is 1.42 bits per heavy atom. The maximum absolute atomic E-state index is 11.8. The van der Waals surface area contributed by atoms with Gasteiger partial charge in [0.25, 0.3) is 0 Å². The summed E-state index contributed by atoms with van der Waals surface area (Å²) in [5.74, 6) is -1.58. The maximum atomic E-state index is 11.8. The van der Waals surface area contributed by atoms with Gasteiger partial charge in [0.15, 0.2) is 0 Å². The summed E-state index contributed by atoms with van der Waals surface area (Å²) in [5, 5.41) is 13.0. The van der Waals surface area contributed by atoms with E-state index in [1.807, 2.05) is 0 Å². The molecule has 2 amide bonds. The van der Waals surface area contributed by atoms with Crippen LogP contribution in [0.1, 0.15) is 6.42 Å². The molecule has 3 N–H and O–H groups in total. The van der Waals surface area contributed by atoms with E-state index in [1.54, 1.807) is 0 Å². The number of thioether (sulfide) groups is 1. The number of carbonyl (C=O) groups is 2. The van der Waals surface area contributed by atoms with Crippen molar-refractivity contribution in [2.45, 2.75) is 18.0 Å². The molecule has 0 heterocycles. The van der Waals surface area contributed by atoms with E-state index in [4.69, 9.17) is 5.11 Å². The van der Waals surface area contributed by atoms with Crippen molar-refractivity contribution in [3.8, 4) is 0 Å². The van der Waals surface area contributed by atoms with Crippen LogP contribution in [0.3, 0.4) is 0 Å². The summed E-state index contributed by atoms with van der Waals surface area (Å²) in [6.45, 7) is -0.0756. The summed E-state index contributed by atoms with van der Waals surface area (Å²) in [6, 6.07) is -1.97. The Balaban J connectivity index is 3.90. The molecule has 0 rings (SSSR count). The third-order valence-electron chi connectivity index (χ3n) is 1.87. The summed E-state index contributed by atoms with van der Waals surface area (Å²) in [4.78, 5) is 22.0. The Bertz CT molecular complexity index is 302. The summed E-state index contributed by atoms with van der Waals surface area (Å²) >= 11 is -0.264.